The van der Waals surface area contributed by atoms with Gasteiger partial charge in [0, 0.05) is 35.3 Å². The number of halogens is 1. The number of rotatable bonds is 3. The second-order valence-electron chi connectivity index (χ2n) is 5.42. The van der Waals surface area contributed by atoms with Crippen molar-refractivity contribution in [3.63, 3.8) is 0 Å². The standard InChI is InChI=1S/C16H16ClN3O2S/c17-13-5-3-11(4-6-13)15(22)20-8-1-2-12(10-20)14(21)19-16-18-7-9-23-16/h3-7,9,12H,1-2,8,10H2,(H,18,19,21). The van der Waals surface area contributed by atoms with Crippen molar-refractivity contribution in [3.05, 3.63) is 46.4 Å². The highest BCUT2D eigenvalue weighted by Crippen LogP contribution is 2.21. The van der Waals surface area contributed by atoms with Crippen LogP contribution in [0.3, 0.4) is 0 Å². The first kappa shape index (κ1) is 16.0. The molecule has 1 unspecified atom stereocenters. The highest BCUT2D eigenvalue weighted by atomic mass is 35.5. The van der Waals surface area contributed by atoms with Gasteiger partial charge in [0.05, 0.1) is 5.92 Å². The molecule has 2 heterocycles. The maximum atomic E-state index is 12.5. The average Bonchev–Trinajstić information content (AvgIpc) is 3.08. The summed E-state index contributed by atoms with van der Waals surface area (Å²) < 4.78 is 0. The summed E-state index contributed by atoms with van der Waals surface area (Å²) in [6, 6.07) is 6.82. The molecule has 1 aromatic heterocycles. The molecular formula is C16H16ClN3O2S. The lowest BCUT2D eigenvalue weighted by Gasteiger charge is -2.32. The van der Waals surface area contributed by atoms with Gasteiger partial charge in [0.1, 0.15) is 0 Å². The number of benzene rings is 1. The predicted molar refractivity (Wildman–Crippen MR) is 90.8 cm³/mol. The molecule has 1 aliphatic rings. The van der Waals surface area contributed by atoms with Gasteiger partial charge in [0.25, 0.3) is 5.91 Å². The van der Waals surface area contributed by atoms with Crippen LogP contribution in [0.25, 0.3) is 0 Å². The van der Waals surface area contributed by atoms with E-state index >= 15 is 0 Å². The lowest BCUT2D eigenvalue weighted by molar-refractivity contribution is -0.121. The Morgan fingerprint density at radius 2 is 2.09 bits per heavy atom. The Bertz CT molecular complexity index is 688. The third-order valence-corrected chi connectivity index (χ3v) is 4.77. The zero-order valence-electron chi connectivity index (χ0n) is 12.4. The topological polar surface area (TPSA) is 62.3 Å². The van der Waals surface area contributed by atoms with Crippen molar-refractivity contribution in [1.82, 2.24) is 9.88 Å². The zero-order valence-corrected chi connectivity index (χ0v) is 13.9. The fourth-order valence-corrected chi connectivity index (χ4v) is 3.30. The molecule has 5 nitrogen and oxygen atoms in total. The minimum absolute atomic E-state index is 0.0617. The van der Waals surface area contributed by atoms with Crippen molar-refractivity contribution in [2.45, 2.75) is 12.8 Å². The number of aromatic nitrogens is 1. The first-order chi connectivity index (χ1) is 11.1. The van der Waals surface area contributed by atoms with Crippen LogP contribution in [0.15, 0.2) is 35.8 Å². The summed E-state index contributed by atoms with van der Waals surface area (Å²) in [6.07, 6.45) is 3.24. The molecule has 1 N–H and O–H groups in total. The summed E-state index contributed by atoms with van der Waals surface area (Å²) in [7, 11) is 0. The van der Waals surface area contributed by atoms with Crippen LogP contribution >= 0.6 is 22.9 Å². The van der Waals surface area contributed by atoms with Gasteiger partial charge in [0.15, 0.2) is 5.13 Å². The smallest absolute Gasteiger partial charge is 0.253 e. The van der Waals surface area contributed by atoms with Crippen LogP contribution in [0.2, 0.25) is 5.02 Å². The lowest BCUT2D eigenvalue weighted by Crippen LogP contribution is -2.43. The van der Waals surface area contributed by atoms with E-state index in [2.05, 4.69) is 10.3 Å². The Labute approximate surface area is 143 Å². The van der Waals surface area contributed by atoms with Crippen LogP contribution in [0.5, 0.6) is 0 Å². The third kappa shape index (κ3) is 3.89. The van der Waals surface area contributed by atoms with Crippen molar-refractivity contribution in [2.75, 3.05) is 18.4 Å². The van der Waals surface area contributed by atoms with Gasteiger partial charge in [-0.15, -0.1) is 11.3 Å². The second kappa shape index (κ2) is 7.10. The fraction of sp³-hybridized carbons (Fsp3) is 0.312. The van der Waals surface area contributed by atoms with Crippen LogP contribution in [-0.4, -0.2) is 34.8 Å². The average molecular weight is 350 g/mol. The van der Waals surface area contributed by atoms with Gasteiger partial charge < -0.3 is 10.2 Å². The number of anilines is 1. The third-order valence-electron chi connectivity index (χ3n) is 3.83. The van der Waals surface area contributed by atoms with Crippen molar-refractivity contribution >= 4 is 39.9 Å². The molecule has 1 aliphatic heterocycles. The van der Waals surface area contributed by atoms with Gasteiger partial charge in [0.2, 0.25) is 5.91 Å². The molecule has 23 heavy (non-hydrogen) atoms. The number of carbonyl (C=O) groups is 2. The maximum Gasteiger partial charge on any atom is 0.253 e. The number of amides is 2. The van der Waals surface area contributed by atoms with Crippen LogP contribution in [0.1, 0.15) is 23.2 Å². The zero-order chi connectivity index (χ0) is 16.2. The lowest BCUT2D eigenvalue weighted by atomic mass is 9.96. The summed E-state index contributed by atoms with van der Waals surface area (Å²) in [5, 5.41) is 5.82. The number of carbonyl (C=O) groups excluding carboxylic acids is 2. The van der Waals surface area contributed by atoms with Crippen molar-refractivity contribution in [3.8, 4) is 0 Å². The SMILES string of the molecule is O=C(Nc1nccs1)C1CCCN(C(=O)c2ccc(Cl)cc2)C1. The Balaban J connectivity index is 1.64. The molecule has 0 aliphatic carbocycles. The maximum absolute atomic E-state index is 12.5. The van der Waals surface area contributed by atoms with E-state index in [9.17, 15) is 9.59 Å². The van der Waals surface area contributed by atoms with Gasteiger partial charge in [-0.25, -0.2) is 4.98 Å². The van der Waals surface area contributed by atoms with E-state index in [1.54, 1.807) is 35.4 Å². The van der Waals surface area contributed by atoms with E-state index in [0.29, 0.717) is 28.8 Å². The molecule has 1 aromatic carbocycles. The van der Waals surface area contributed by atoms with E-state index in [-0.39, 0.29) is 17.7 Å². The number of nitrogens with zero attached hydrogens (tertiary/aromatic N) is 2. The molecule has 1 fully saturated rings. The van der Waals surface area contributed by atoms with Gasteiger partial charge in [-0.05, 0) is 37.1 Å². The van der Waals surface area contributed by atoms with Gasteiger partial charge in [-0.2, -0.15) is 0 Å². The summed E-state index contributed by atoms with van der Waals surface area (Å²) in [6.45, 7) is 1.10. The Hall–Kier alpha value is -1.92. The number of nitrogens with one attached hydrogen (secondary N) is 1. The number of thiazole rings is 1. The second-order valence-corrected chi connectivity index (χ2v) is 6.75. The summed E-state index contributed by atoms with van der Waals surface area (Å²) in [5.74, 6) is -0.342. The molecule has 2 amide bonds. The largest absolute Gasteiger partial charge is 0.338 e. The number of likely N-dealkylation sites (tertiary alicyclic amines) is 1. The quantitative estimate of drug-likeness (QED) is 0.924. The first-order valence-corrected chi connectivity index (χ1v) is 8.64. The highest BCUT2D eigenvalue weighted by molar-refractivity contribution is 7.13. The first-order valence-electron chi connectivity index (χ1n) is 7.38. The molecule has 120 valence electrons. The predicted octanol–water partition coefficient (Wildman–Crippen LogP) is 3.29. The van der Waals surface area contributed by atoms with E-state index in [1.165, 1.54) is 11.3 Å². The Kier molecular flexibility index (Phi) is 4.93. The van der Waals surface area contributed by atoms with Gasteiger partial charge in [-0.3, -0.25) is 9.59 Å². The Morgan fingerprint density at radius 3 is 2.78 bits per heavy atom. The van der Waals surface area contributed by atoms with E-state index in [4.69, 9.17) is 11.6 Å². The minimum Gasteiger partial charge on any atom is -0.338 e. The molecule has 0 bridgehead atoms. The number of hydrogen-bond acceptors (Lipinski definition) is 4. The normalized spacial score (nSPS) is 17.8. The highest BCUT2D eigenvalue weighted by Gasteiger charge is 2.29. The molecular weight excluding hydrogens is 334 g/mol. The molecule has 7 heteroatoms. The summed E-state index contributed by atoms with van der Waals surface area (Å²) in [4.78, 5) is 30.6. The van der Waals surface area contributed by atoms with Crippen molar-refractivity contribution < 1.29 is 9.59 Å². The molecule has 3 rings (SSSR count). The van der Waals surface area contributed by atoms with E-state index in [0.717, 1.165) is 12.8 Å². The number of hydrogen-bond donors (Lipinski definition) is 1. The van der Waals surface area contributed by atoms with Crippen LogP contribution < -0.4 is 5.32 Å². The van der Waals surface area contributed by atoms with Crippen molar-refractivity contribution in [1.29, 1.82) is 0 Å². The van der Waals surface area contributed by atoms with Gasteiger partial charge in [-0.1, -0.05) is 11.6 Å². The fourth-order valence-electron chi connectivity index (χ4n) is 2.64. The van der Waals surface area contributed by atoms with E-state index < -0.39 is 0 Å². The molecule has 1 saturated heterocycles. The summed E-state index contributed by atoms with van der Waals surface area (Å²) in [5.41, 5.74) is 0.593. The van der Waals surface area contributed by atoms with Crippen LogP contribution in [-0.2, 0) is 4.79 Å². The molecule has 0 radical (unpaired) electrons. The molecule has 0 saturated carbocycles. The molecule has 1 atom stereocenters. The molecule has 2 aromatic rings. The minimum atomic E-state index is -0.205. The monoisotopic (exact) mass is 349 g/mol. The van der Waals surface area contributed by atoms with Gasteiger partial charge >= 0.3 is 0 Å². The number of piperidine rings is 1. The van der Waals surface area contributed by atoms with Crippen LogP contribution in [0.4, 0.5) is 5.13 Å². The molecule has 0 spiro atoms. The van der Waals surface area contributed by atoms with E-state index in [1.807, 2.05) is 5.38 Å². The van der Waals surface area contributed by atoms with Crippen molar-refractivity contribution in [2.24, 2.45) is 5.92 Å². The van der Waals surface area contributed by atoms with Crippen LogP contribution in [0, 0.1) is 5.92 Å². The summed E-state index contributed by atoms with van der Waals surface area (Å²) >= 11 is 7.24. The Morgan fingerprint density at radius 1 is 1.30 bits per heavy atom.